The lowest BCUT2D eigenvalue weighted by atomic mass is 10.1. The molecule has 2 atom stereocenters. The molecule has 1 aliphatic heterocycles. The summed E-state index contributed by atoms with van der Waals surface area (Å²) in [5.41, 5.74) is 0.835. The fraction of sp³-hybridized carbons (Fsp3) is 0.500. The molecule has 1 unspecified atom stereocenters. The number of hydrogen-bond donors (Lipinski definition) is 2. The molecular formula is C12H16ClN2O3+. The average molecular weight is 272 g/mol. The van der Waals surface area contributed by atoms with Gasteiger partial charge in [0, 0.05) is 22.7 Å². The normalized spacial score (nSPS) is 23.9. The van der Waals surface area contributed by atoms with E-state index >= 15 is 0 Å². The number of piperidine rings is 1. The van der Waals surface area contributed by atoms with Gasteiger partial charge in [-0.15, -0.1) is 0 Å². The highest BCUT2D eigenvalue weighted by molar-refractivity contribution is 6.31. The molecular weight excluding hydrogens is 256 g/mol. The first-order valence-corrected chi connectivity index (χ1v) is 6.38. The van der Waals surface area contributed by atoms with Crippen LogP contribution < -0.4 is 4.90 Å². The number of quaternary nitrogens is 1. The van der Waals surface area contributed by atoms with Gasteiger partial charge in [-0.05, 0) is 18.9 Å². The van der Waals surface area contributed by atoms with Gasteiger partial charge in [-0.25, -0.2) is 0 Å². The van der Waals surface area contributed by atoms with Crippen molar-refractivity contribution in [3.63, 3.8) is 0 Å². The second kappa shape index (κ2) is 5.65. The van der Waals surface area contributed by atoms with Crippen LogP contribution in [0.4, 0.5) is 5.69 Å². The van der Waals surface area contributed by atoms with Gasteiger partial charge in [-0.3, -0.25) is 10.1 Å². The van der Waals surface area contributed by atoms with Gasteiger partial charge < -0.3 is 10.0 Å². The maximum Gasteiger partial charge on any atom is 0.270 e. The van der Waals surface area contributed by atoms with E-state index in [1.54, 1.807) is 6.07 Å². The topological polar surface area (TPSA) is 67.8 Å². The molecule has 0 saturated carbocycles. The number of nitrogens with one attached hydrogen (secondary N) is 1. The molecule has 98 valence electrons. The van der Waals surface area contributed by atoms with E-state index in [9.17, 15) is 15.2 Å². The first-order valence-electron chi connectivity index (χ1n) is 6.00. The minimum Gasteiger partial charge on any atom is -0.387 e. The second-order valence-electron chi connectivity index (χ2n) is 4.71. The lowest BCUT2D eigenvalue weighted by Gasteiger charge is -2.27. The fourth-order valence-corrected chi connectivity index (χ4v) is 2.55. The van der Waals surface area contributed by atoms with Crippen LogP contribution in [0.2, 0.25) is 5.02 Å². The minimum absolute atomic E-state index is 0.0614. The van der Waals surface area contributed by atoms with E-state index in [1.165, 1.54) is 17.0 Å². The molecule has 1 aliphatic rings. The van der Waals surface area contributed by atoms with Gasteiger partial charge in [0.15, 0.2) is 0 Å². The van der Waals surface area contributed by atoms with E-state index in [0.717, 1.165) is 24.9 Å². The number of nitro benzene ring substituents is 1. The molecule has 0 aromatic heterocycles. The monoisotopic (exact) mass is 271 g/mol. The number of halogens is 1. The van der Waals surface area contributed by atoms with Crippen molar-refractivity contribution in [2.45, 2.75) is 25.5 Å². The van der Waals surface area contributed by atoms with Gasteiger partial charge in [0.2, 0.25) is 0 Å². The Morgan fingerprint density at radius 2 is 2.33 bits per heavy atom. The van der Waals surface area contributed by atoms with Crippen LogP contribution in [0.1, 0.15) is 18.4 Å². The fourth-order valence-electron chi connectivity index (χ4n) is 2.37. The van der Waals surface area contributed by atoms with Gasteiger partial charge in [-0.1, -0.05) is 11.6 Å². The van der Waals surface area contributed by atoms with Gasteiger partial charge in [-0.2, -0.15) is 0 Å². The summed E-state index contributed by atoms with van der Waals surface area (Å²) in [6, 6.07) is 4.50. The molecule has 6 heteroatoms. The zero-order chi connectivity index (χ0) is 13.1. The van der Waals surface area contributed by atoms with Crippen molar-refractivity contribution in [1.29, 1.82) is 0 Å². The summed E-state index contributed by atoms with van der Waals surface area (Å²) >= 11 is 6.06. The average Bonchev–Trinajstić information content (AvgIpc) is 2.31. The summed E-state index contributed by atoms with van der Waals surface area (Å²) in [5, 5.41) is 20.9. The number of non-ortho nitro benzene ring substituents is 1. The highest BCUT2D eigenvalue weighted by Crippen LogP contribution is 2.21. The molecule has 0 spiro atoms. The SMILES string of the molecule is O=[N+]([O-])c1ccc(Cl)c(C[NH+]2CCC[C@H](O)C2)c1. The smallest absolute Gasteiger partial charge is 0.270 e. The number of benzene rings is 1. The van der Waals surface area contributed by atoms with Crippen LogP contribution in [0.15, 0.2) is 18.2 Å². The van der Waals surface area contributed by atoms with Crippen LogP contribution in [0.3, 0.4) is 0 Å². The molecule has 0 amide bonds. The predicted octanol–water partition coefficient (Wildman–Crippen LogP) is 0.788. The molecule has 1 aromatic carbocycles. The Morgan fingerprint density at radius 1 is 1.56 bits per heavy atom. The van der Waals surface area contributed by atoms with Gasteiger partial charge in [0.1, 0.15) is 19.2 Å². The van der Waals surface area contributed by atoms with Gasteiger partial charge >= 0.3 is 0 Å². The Morgan fingerprint density at radius 3 is 3.00 bits per heavy atom. The third-order valence-electron chi connectivity index (χ3n) is 3.27. The van der Waals surface area contributed by atoms with Crippen molar-refractivity contribution in [2.75, 3.05) is 13.1 Å². The molecule has 1 fully saturated rings. The summed E-state index contributed by atoms with van der Waals surface area (Å²) in [7, 11) is 0. The molecule has 5 nitrogen and oxygen atoms in total. The third kappa shape index (κ3) is 3.19. The summed E-state index contributed by atoms with van der Waals surface area (Å²) in [4.78, 5) is 11.5. The number of aliphatic hydroxyl groups is 1. The number of rotatable bonds is 3. The first kappa shape index (κ1) is 13.3. The van der Waals surface area contributed by atoms with Crippen LogP contribution >= 0.6 is 11.6 Å². The summed E-state index contributed by atoms with van der Waals surface area (Å²) in [6.45, 7) is 2.27. The Balaban J connectivity index is 2.12. The minimum atomic E-state index is -0.416. The van der Waals surface area contributed by atoms with Crippen molar-refractivity contribution < 1.29 is 14.9 Å². The number of likely N-dealkylation sites (tertiary alicyclic amines) is 1. The van der Waals surface area contributed by atoms with E-state index in [1.807, 2.05) is 0 Å². The summed E-state index contributed by atoms with van der Waals surface area (Å²) in [6.07, 6.45) is 1.54. The molecule has 1 aromatic rings. The molecule has 1 heterocycles. The zero-order valence-corrected chi connectivity index (χ0v) is 10.7. The molecule has 0 aliphatic carbocycles. The standard InChI is InChI=1S/C12H15ClN2O3/c13-12-4-3-10(15(17)18)6-9(12)7-14-5-1-2-11(16)8-14/h3-4,6,11,16H,1-2,5,7-8H2/p+1/t11-/m0/s1. The Bertz CT molecular complexity index is 453. The molecule has 2 N–H and O–H groups in total. The maximum absolute atomic E-state index is 10.7. The van der Waals surface area contributed by atoms with Crippen LogP contribution in [0.25, 0.3) is 0 Å². The Kier molecular flexibility index (Phi) is 4.16. The van der Waals surface area contributed by atoms with Crippen molar-refractivity contribution in [3.05, 3.63) is 38.9 Å². The molecule has 0 radical (unpaired) electrons. The van der Waals surface area contributed by atoms with Crippen LogP contribution in [0, 0.1) is 10.1 Å². The number of hydrogen-bond acceptors (Lipinski definition) is 3. The third-order valence-corrected chi connectivity index (χ3v) is 3.64. The molecule has 1 saturated heterocycles. The van der Waals surface area contributed by atoms with E-state index in [-0.39, 0.29) is 11.8 Å². The van der Waals surface area contributed by atoms with Crippen LogP contribution in [-0.2, 0) is 6.54 Å². The highest BCUT2D eigenvalue weighted by Gasteiger charge is 2.22. The Labute approximate surface area is 110 Å². The van der Waals surface area contributed by atoms with Crippen molar-refractivity contribution >= 4 is 17.3 Å². The summed E-state index contributed by atoms with van der Waals surface area (Å²) < 4.78 is 0. The predicted molar refractivity (Wildman–Crippen MR) is 67.7 cm³/mol. The van der Waals surface area contributed by atoms with E-state index in [4.69, 9.17) is 11.6 Å². The van der Waals surface area contributed by atoms with Gasteiger partial charge in [0.25, 0.3) is 5.69 Å². The molecule has 0 bridgehead atoms. The molecule has 2 rings (SSSR count). The van der Waals surface area contributed by atoms with Crippen LogP contribution in [0.5, 0.6) is 0 Å². The number of aliphatic hydroxyl groups excluding tert-OH is 1. The van der Waals surface area contributed by atoms with Crippen molar-refractivity contribution in [1.82, 2.24) is 0 Å². The zero-order valence-electron chi connectivity index (χ0n) is 9.93. The van der Waals surface area contributed by atoms with Gasteiger partial charge in [0.05, 0.1) is 11.5 Å². The lowest BCUT2D eigenvalue weighted by Crippen LogP contribution is -3.12. The highest BCUT2D eigenvalue weighted by atomic mass is 35.5. The maximum atomic E-state index is 10.7. The van der Waals surface area contributed by atoms with Crippen LogP contribution in [-0.4, -0.2) is 29.2 Å². The van der Waals surface area contributed by atoms with E-state index in [2.05, 4.69) is 0 Å². The number of nitro groups is 1. The van der Waals surface area contributed by atoms with Crippen molar-refractivity contribution in [2.24, 2.45) is 0 Å². The Hall–Kier alpha value is -1.17. The van der Waals surface area contributed by atoms with Crippen molar-refractivity contribution in [3.8, 4) is 0 Å². The quantitative estimate of drug-likeness (QED) is 0.631. The first-order chi connectivity index (χ1) is 8.56. The van der Waals surface area contributed by atoms with E-state index < -0.39 is 4.92 Å². The lowest BCUT2D eigenvalue weighted by molar-refractivity contribution is -0.921. The second-order valence-corrected chi connectivity index (χ2v) is 5.12. The summed E-state index contributed by atoms with van der Waals surface area (Å²) in [5.74, 6) is 0. The molecule has 18 heavy (non-hydrogen) atoms. The van der Waals surface area contributed by atoms with E-state index in [0.29, 0.717) is 18.1 Å². The number of nitrogens with zero attached hydrogens (tertiary/aromatic N) is 1. The largest absolute Gasteiger partial charge is 0.387 e.